The molecule has 0 atom stereocenters. The van der Waals surface area contributed by atoms with Gasteiger partial charge in [0.2, 0.25) is 0 Å². The molecule has 0 saturated heterocycles. The molecule has 0 saturated carbocycles. The van der Waals surface area contributed by atoms with E-state index in [4.69, 9.17) is 9.97 Å². The fourth-order valence-electron chi connectivity index (χ4n) is 3.87. The lowest BCUT2D eigenvalue weighted by Crippen LogP contribution is -2.00. The fraction of sp³-hybridized carbons (Fsp3) is 0.0345. The molecule has 0 N–H and O–H groups in total. The maximum absolute atomic E-state index is 5.02. The number of nitrogens with zero attached hydrogens (tertiary/aromatic N) is 2. The van der Waals surface area contributed by atoms with Crippen LogP contribution in [0.2, 0.25) is 0 Å². The quantitative estimate of drug-likeness (QED) is 0.314. The Labute approximate surface area is 182 Å². The Morgan fingerprint density at radius 2 is 0.839 bits per heavy atom. The minimum absolute atomic E-state index is 0.737. The molecule has 0 unspecified atom stereocenters. The molecule has 0 aliphatic rings. The first kappa shape index (κ1) is 19.0. The van der Waals surface area contributed by atoms with Crippen molar-refractivity contribution in [1.82, 2.24) is 9.97 Å². The van der Waals surface area contributed by atoms with Crippen LogP contribution in [0.1, 0.15) is 5.56 Å². The summed E-state index contributed by atoms with van der Waals surface area (Å²) in [7, 11) is 0. The van der Waals surface area contributed by atoms with Gasteiger partial charge in [-0.1, -0.05) is 109 Å². The van der Waals surface area contributed by atoms with Crippen molar-refractivity contribution in [3.05, 3.63) is 121 Å². The van der Waals surface area contributed by atoms with Gasteiger partial charge in [-0.2, -0.15) is 0 Å². The third-order valence-electron chi connectivity index (χ3n) is 5.47. The average Bonchev–Trinajstić information content (AvgIpc) is 2.86. The second-order valence-corrected chi connectivity index (χ2v) is 7.55. The van der Waals surface area contributed by atoms with Crippen LogP contribution in [-0.4, -0.2) is 9.97 Å². The molecule has 2 nitrogen and oxygen atoms in total. The van der Waals surface area contributed by atoms with Crippen molar-refractivity contribution in [2.45, 2.75) is 6.92 Å². The van der Waals surface area contributed by atoms with Gasteiger partial charge in [-0.3, -0.25) is 0 Å². The summed E-state index contributed by atoms with van der Waals surface area (Å²) in [5.74, 6) is 0.737. The van der Waals surface area contributed by atoms with Gasteiger partial charge in [-0.25, -0.2) is 9.97 Å². The Hall–Kier alpha value is -4.04. The zero-order chi connectivity index (χ0) is 21.0. The van der Waals surface area contributed by atoms with Crippen LogP contribution < -0.4 is 0 Å². The molecule has 0 spiro atoms. The highest BCUT2D eigenvalue weighted by molar-refractivity contribution is 5.77. The maximum atomic E-state index is 5.02. The van der Waals surface area contributed by atoms with E-state index < -0.39 is 0 Å². The summed E-state index contributed by atoms with van der Waals surface area (Å²) < 4.78 is 0. The second kappa shape index (κ2) is 8.37. The van der Waals surface area contributed by atoms with Crippen LogP contribution in [0.5, 0.6) is 0 Å². The van der Waals surface area contributed by atoms with Crippen LogP contribution in [0, 0.1) is 6.92 Å². The van der Waals surface area contributed by atoms with Gasteiger partial charge in [-0.05, 0) is 24.1 Å². The Kier molecular flexibility index (Phi) is 5.12. The number of aromatic nitrogens is 2. The minimum Gasteiger partial charge on any atom is -0.228 e. The third kappa shape index (κ3) is 3.88. The van der Waals surface area contributed by atoms with Gasteiger partial charge >= 0.3 is 0 Å². The molecule has 0 bridgehead atoms. The normalized spacial score (nSPS) is 10.7. The van der Waals surface area contributed by atoms with Crippen LogP contribution in [0.3, 0.4) is 0 Å². The molecule has 0 aliphatic carbocycles. The maximum Gasteiger partial charge on any atom is 0.160 e. The third-order valence-corrected chi connectivity index (χ3v) is 5.47. The molecule has 0 amide bonds. The first-order valence-electron chi connectivity index (χ1n) is 10.4. The fourth-order valence-corrected chi connectivity index (χ4v) is 3.87. The molecule has 1 aromatic heterocycles. The van der Waals surface area contributed by atoms with E-state index in [2.05, 4.69) is 104 Å². The van der Waals surface area contributed by atoms with Gasteiger partial charge in [0.1, 0.15) is 0 Å². The Bertz CT molecular complexity index is 1250. The Morgan fingerprint density at radius 3 is 1.35 bits per heavy atom. The lowest BCUT2D eigenvalue weighted by atomic mass is 9.99. The van der Waals surface area contributed by atoms with E-state index in [0.717, 1.165) is 45.0 Å². The summed E-state index contributed by atoms with van der Waals surface area (Å²) in [6, 6.07) is 39.5. The second-order valence-electron chi connectivity index (χ2n) is 7.55. The van der Waals surface area contributed by atoms with E-state index in [0.29, 0.717) is 0 Å². The first-order valence-corrected chi connectivity index (χ1v) is 10.4. The van der Waals surface area contributed by atoms with Crippen molar-refractivity contribution in [2.75, 3.05) is 0 Å². The molecule has 5 aromatic rings. The summed E-state index contributed by atoms with van der Waals surface area (Å²) in [6.07, 6.45) is 0. The highest BCUT2D eigenvalue weighted by Gasteiger charge is 2.15. The molecule has 5 rings (SSSR count). The van der Waals surface area contributed by atoms with E-state index >= 15 is 0 Å². The lowest BCUT2D eigenvalue weighted by molar-refractivity contribution is 1.15. The first-order chi connectivity index (χ1) is 15.3. The molecule has 2 heteroatoms. The largest absolute Gasteiger partial charge is 0.228 e. The lowest BCUT2D eigenvalue weighted by Gasteiger charge is -2.14. The smallest absolute Gasteiger partial charge is 0.160 e. The number of hydrogen-bond acceptors (Lipinski definition) is 2. The molecular weight excluding hydrogens is 376 g/mol. The molecule has 31 heavy (non-hydrogen) atoms. The summed E-state index contributed by atoms with van der Waals surface area (Å²) >= 11 is 0. The predicted molar refractivity (Wildman–Crippen MR) is 129 cm³/mol. The molecule has 148 valence electrons. The van der Waals surface area contributed by atoms with Crippen molar-refractivity contribution in [3.63, 3.8) is 0 Å². The van der Waals surface area contributed by atoms with Crippen LogP contribution in [0.25, 0.3) is 45.0 Å². The van der Waals surface area contributed by atoms with Crippen LogP contribution in [0.4, 0.5) is 0 Å². The van der Waals surface area contributed by atoms with Crippen LogP contribution >= 0.6 is 0 Å². The average molecular weight is 399 g/mol. The van der Waals surface area contributed by atoms with E-state index in [-0.39, 0.29) is 0 Å². The Balaban J connectivity index is 1.71. The van der Waals surface area contributed by atoms with Gasteiger partial charge < -0.3 is 0 Å². The van der Waals surface area contributed by atoms with Gasteiger partial charge in [0, 0.05) is 22.3 Å². The number of benzene rings is 4. The van der Waals surface area contributed by atoms with Gasteiger partial charge in [0.15, 0.2) is 5.82 Å². The zero-order valence-corrected chi connectivity index (χ0v) is 17.4. The van der Waals surface area contributed by atoms with Gasteiger partial charge in [0.05, 0.1) is 11.4 Å². The molecule has 1 heterocycles. The number of hydrogen-bond donors (Lipinski definition) is 0. The standard InChI is InChI=1S/C29H22N2/c1-21-27(23-14-7-3-8-15-23)30-29(31-28(21)24-16-9-4-10-17-24)26-19-11-18-25(20-26)22-12-5-2-6-13-22/h2-20H,1H3. The minimum atomic E-state index is 0.737. The molecule has 0 fully saturated rings. The van der Waals surface area contributed by atoms with E-state index in [1.54, 1.807) is 0 Å². The zero-order valence-electron chi connectivity index (χ0n) is 17.4. The van der Waals surface area contributed by atoms with Crippen molar-refractivity contribution in [2.24, 2.45) is 0 Å². The number of rotatable bonds is 4. The Morgan fingerprint density at radius 1 is 0.419 bits per heavy atom. The van der Waals surface area contributed by atoms with Crippen LogP contribution in [-0.2, 0) is 0 Å². The van der Waals surface area contributed by atoms with Gasteiger partial charge in [0.25, 0.3) is 0 Å². The van der Waals surface area contributed by atoms with E-state index in [1.807, 2.05) is 18.2 Å². The monoisotopic (exact) mass is 398 g/mol. The predicted octanol–water partition coefficient (Wildman–Crippen LogP) is 7.45. The summed E-state index contributed by atoms with van der Waals surface area (Å²) in [5.41, 5.74) is 8.56. The SMILES string of the molecule is Cc1c(-c2ccccc2)nc(-c2cccc(-c3ccccc3)c2)nc1-c1ccccc1. The highest BCUT2D eigenvalue weighted by atomic mass is 14.9. The summed E-state index contributed by atoms with van der Waals surface area (Å²) in [4.78, 5) is 10.0. The highest BCUT2D eigenvalue weighted by Crippen LogP contribution is 2.32. The van der Waals surface area contributed by atoms with Crippen LogP contribution in [0.15, 0.2) is 115 Å². The van der Waals surface area contributed by atoms with Crippen molar-refractivity contribution in [3.8, 4) is 45.0 Å². The van der Waals surface area contributed by atoms with E-state index in [9.17, 15) is 0 Å². The molecule has 0 radical (unpaired) electrons. The van der Waals surface area contributed by atoms with Crippen molar-refractivity contribution >= 4 is 0 Å². The van der Waals surface area contributed by atoms with E-state index in [1.165, 1.54) is 5.56 Å². The molecule has 0 aliphatic heterocycles. The topological polar surface area (TPSA) is 25.8 Å². The molecule has 4 aromatic carbocycles. The van der Waals surface area contributed by atoms with Crippen molar-refractivity contribution < 1.29 is 0 Å². The summed E-state index contributed by atoms with van der Waals surface area (Å²) in [6.45, 7) is 2.11. The summed E-state index contributed by atoms with van der Waals surface area (Å²) in [5, 5.41) is 0. The molecular formula is C29H22N2. The van der Waals surface area contributed by atoms with Crippen molar-refractivity contribution in [1.29, 1.82) is 0 Å². The van der Waals surface area contributed by atoms with Gasteiger partial charge in [-0.15, -0.1) is 0 Å².